The molecule has 0 atom stereocenters. The number of aromatic nitrogens is 2. The van der Waals surface area contributed by atoms with Crippen molar-refractivity contribution >= 4 is 5.57 Å². The fourth-order valence-electron chi connectivity index (χ4n) is 1.14. The first-order chi connectivity index (χ1) is 6.65. The third kappa shape index (κ3) is 2.36. The van der Waals surface area contributed by atoms with Gasteiger partial charge in [0.25, 0.3) is 0 Å². The van der Waals surface area contributed by atoms with E-state index in [-0.39, 0.29) is 0 Å². The van der Waals surface area contributed by atoms with Crippen molar-refractivity contribution in [3.63, 3.8) is 0 Å². The van der Waals surface area contributed by atoms with Gasteiger partial charge in [-0.3, -0.25) is 5.10 Å². The summed E-state index contributed by atoms with van der Waals surface area (Å²) in [4.78, 5) is 0. The third-order valence-electron chi connectivity index (χ3n) is 2.01. The molecule has 1 rings (SSSR count). The highest BCUT2D eigenvalue weighted by Crippen LogP contribution is 2.15. The summed E-state index contributed by atoms with van der Waals surface area (Å²) >= 11 is 0. The predicted octanol–water partition coefficient (Wildman–Crippen LogP) is 2.23. The van der Waals surface area contributed by atoms with Crippen LogP contribution in [0.5, 0.6) is 0 Å². The van der Waals surface area contributed by atoms with Gasteiger partial charge < -0.3 is 5.73 Å². The van der Waals surface area contributed by atoms with Crippen LogP contribution in [0.1, 0.15) is 19.4 Å². The summed E-state index contributed by atoms with van der Waals surface area (Å²) in [6.45, 7) is 7.65. The molecule has 0 aromatic carbocycles. The molecule has 3 N–H and O–H groups in total. The SMILES string of the molecule is C=C(N)C(=C/C)/C=C(\C)c1cn[nH]c1. The number of nitrogens with zero attached hydrogens (tertiary/aromatic N) is 1. The molecule has 0 amide bonds. The molecular formula is C11H15N3. The first-order valence-corrected chi connectivity index (χ1v) is 4.43. The summed E-state index contributed by atoms with van der Waals surface area (Å²) in [6.07, 6.45) is 7.55. The highest BCUT2D eigenvalue weighted by atomic mass is 15.1. The second kappa shape index (κ2) is 4.46. The Hall–Kier alpha value is -1.77. The Kier molecular flexibility index (Phi) is 3.29. The number of hydrogen-bond donors (Lipinski definition) is 2. The highest BCUT2D eigenvalue weighted by molar-refractivity contribution is 5.66. The zero-order valence-electron chi connectivity index (χ0n) is 8.54. The van der Waals surface area contributed by atoms with E-state index >= 15 is 0 Å². The average Bonchev–Trinajstić information content (AvgIpc) is 2.65. The Morgan fingerprint density at radius 3 is 2.79 bits per heavy atom. The van der Waals surface area contributed by atoms with E-state index in [9.17, 15) is 0 Å². The van der Waals surface area contributed by atoms with Crippen LogP contribution < -0.4 is 5.73 Å². The van der Waals surface area contributed by atoms with Crippen LogP contribution in [0, 0.1) is 0 Å². The molecule has 0 unspecified atom stereocenters. The van der Waals surface area contributed by atoms with Gasteiger partial charge in [0.05, 0.1) is 6.20 Å². The molecule has 0 aliphatic carbocycles. The van der Waals surface area contributed by atoms with Gasteiger partial charge in [0.15, 0.2) is 0 Å². The third-order valence-corrected chi connectivity index (χ3v) is 2.01. The van der Waals surface area contributed by atoms with Gasteiger partial charge in [-0.2, -0.15) is 5.10 Å². The van der Waals surface area contributed by atoms with Crippen molar-refractivity contribution in [2.45, 2.75) is 13.8 Å². The molecular weight excluding hydrogens is 174 g/mol. The monoisotopic (exact) mass is 189 g/mol. The van der Waals surface area contributed by atoms with Gasteiger partial charge in [-0.05, 0) is 31.1 Å². The number of rotatable bonds is 3. The number of hydrogen-bond acceptors (Lipinski definition) is 2. The Bertz CT molecular complexity index is 369. The lowest BCUT2D eigenvalue weighted by Crippen LogP contribution is -1.96. The van der Waals surface area contributed by atoms with Gasteiger partial charge in [-0.15, -0.1) is 0 Å². The molecule has 0 aliphatic rings. The van der Waals surface area contributed by atoms with Crippen LogP contribution in [-0.2, 0) is 0 Å². The lowest BCUT2D eigenvalue weighted by atomic mass is 10.1. The summed E-state index contributed by atoms with van der Waals surface area (Å²) < 4.78 is 0. The van der Waals surface area contributed by atoms with Crippen LogP contribution in [0.4, 0.5) is 0 Å². The summed E-state index contributed by atoms with van der Waals surface area (Å²) in [7, 11) is 0. The van der Waals surface area contributed by atoms with Crippen molar-refractivity contribution in [1.29, 1.82) is 0 Å². The molecule has 0 saturated carbocycles. The van der Waals surface area contributed by atoms with Crippen LogP contribution in [-0.4, -0.2) is 10.2 Å². The minimum absolute atomic E-state index is 0.579. The van der Waals surface area contributed by atoms with E-state index in [1.807, 2.05) is 32.2 Å². The van der Waals surface area contributed by atoms with Crippen molar-refractivity contribution < 1.29 is 0 Å². The number of allylic oxidation sites excluding steroid dienone is 3. The Morgan fingerprint density at radius 2 is 2.36 bits per heavy atom. The van der Waals surface area contributed by atoms with Crippen LogP contribution in [0.15, 0.2) is 42.4 Å². The Balaban J connectivity index is 2.94. The maximum Gasteiger partial charge on any atom is 0.0562 e. The molecule has 0 radical (unpaired) electrons. The average molecular weight is 189 g/mol. The second-order valence-electron chi connectivity index (χ2n) is 3.08. The zero-order valence-corrected chi connectivity index (χ0v) is 8.54. The Labute approximate surface area is 84.0 Å². The maximum absolute atomic E-state index is 5.62. The van der Waals surface area contributed by atoms with E-state index in [2.05, 4.69) is 16.8 Å². The van der Waals surface area contributed by atoms with E-state index in [1.165, 1.54) is 0 Å². The normalized spacial score (nSPS) is 13.0. The second-order valence-corrected chi connectivity index (χ2v) is 3.08. The molecule has 0 bridgehead atoms. The van der Waals surface area contributed by atoms with Gasteiger partial charge >= 0.3 is 0 Å². The van der Waals surface area contributed by atoms with Crippen molar-refractivity contribution in [1.82, 2.24) is 10.2 Å². The molecule has 0 fully saturated rings. The molecule has 1 aromatic heterocycles. The summed E-state index contributed by atoms with van der Waals surface area (Å²) in [5.41, 5.74) is 9.32. The molecule has 0 aliphatic heterocycles. The van der Waals surface area contributed by atoms with Gasteiger partial charge in [0.1, 0.15) is 0 Å². The lowest BCUT2D eigenvalue weighted by Gasteiger charge is -2.01. The van der Waals surface area contributed by atoms with Gasteiger partial charge in [0, 0.05) is 17.5 Å². The first kappa shape index (κ1) is 10.3. The van der Waals surface area contributed by atoms with E-state index in [4.69, 9.17) is 5.73 Å². The summed E-state index contributed by atoms with van der Waals surface area (Å²) in [5, 5.41) is 6.65. The van der Waals surface area contributed by atoms with Crippen LogP contribution in [0.3, 0.4) is 0 Å². The Morgan fingerprint density at radius 1 is 1.64 bits per heavy atom. The zero-order chi connectivity index (χ0) is 10.6. The molecule has 3 heteroatoms. The van der Waals surface area contributed by atoms with E-state index in [1.54, 1.807) is 6.20 Å². The molecule has 14 heavy (non-hydrogen) atoms. The van der Waals surface area contributed by atoms with Crippen LogP contribution in [0.25, 0.3) is 5.57 Å². The summed E-state index contributed by atoms with van der Waals surface area (Å²) in [5.74, 6) is 0. The van der Waals surface area contributed by atoms with Crippen molar-refractivity contribution in [2.24, 2.45) is 5.73 Å². The van der Waals surface area contributed by atoms with Crippen molar-refractivity contribution in [3.8, 4) is 0 Å². The van der Waals surface area contributed by atoms with E-state index in [0.717, 1.165) is 16.7 Å². The van der Waals surface area contributed by atoms with Crippen molar-refractivity contribution in [2.75, 3.05) is 0 Å². The smallest absolute Gasteiger partial charge is 0.0562 e. The van der Waals surface area contributed by atoms with Crippen LogP contribution in [0.2, 0.25) is 0 Å². The molecule has 3 nitrogen and oxygen atoms in total. The van der Waals surface area contributed by atoms with E-state index < -0.39 is 0 Å². The molecule has 74 valence electrons. The van der Waals surface area contributed by atoms with E-state index in [0.29, 0.717) is 5.70 Å². The number of H-pyrrole nitrogens is 1. The fraction of sp³-hybridized carbons (Fsp3) is 0.182. The number of aromatic amines is 1. The highest BCUT2D eigenvalue weighted by Gasteiger charge is 1.98. The van der Waals surface area contributed by atoms with Crippen LogP contribution >= 0.6 is 0 Å². The van der Waals surface area contributed by atoms with Gasteiger partial charge in [0.2, 0.25) is 0 Å². The minimum Gasteiger partial charge on any atom is -0.399 e. The topological polar surface area (TPSA) is 54.7 Å². The lowest BCUT2D eigenvalue weighted by molar-refractivity contribution is 1.09. The minimum atomic E-state index is 0.579. The molecule has 1 aromatic rings. The quantitative estimate of drug-likeness (QED) is 0.716. The van der Waals surface area contributed by atoms with Gasteiger partial charge in [-0.1, -0.05) is 12.7 Å². The molecule has 1 heterocycles. The summed E-state index contributed by atoms with van der Waals surface area (Å²) in [6, 6.07) is 0. The number of nitrogens with one attached hydrogen (secondary N) is 1. The molecule has 0 saturated heterocycles. The van der Waals surface area contributed by atoms with Crippen molar-refractivity contribution in [3.05, 3.63) is 48.0 Å². The maximum atomic E-state index is 5.62. The van der Waals surface area contributed by atoms with Gasteiger partial charge in [-0.25, -0.2) is 0 Å². The standard InChI is InChI=1S/C11H15N3/c1-4-10(9(3)12)5-8(2)11-6-13-14-7-11/h4-7H,3,12H2,1-2H3,(H,13,14)/b8-5+,10-4+. The fourth-order valence-corrected chi connectivity index (χ4v) is 1.14. The predicted molar refractivity (Wildman–Crippen MR) is 59.3 cm³/mol. The first-order valence-electron chi connectivity index (χ1n) is 4.43. The number of nitrogens with two attached hydrogens (primary N) is 1. The molecule has 0 spiro atoms. The largest absolute Gasteiger partial charge is 0.399 e.